The molecular weight excluding hydrogens is 224 g/mol. The predicted molar refractivity (Wildman–Crippen MR) is 57.1 cm³/mol. The molecule has 0 aromatic rings. The van der Waals surface area contributed by atoms with Gasteiger partial charge in [-0.15, -0.1) is 0 Å². The third kappa shape index (κ3) is 3.45. The van der Waals surface area contributed by atoms with Crippen molar-refractivity contribution >= 4 is 17.7 Å². The molecule has 92 valence electrons. The van der Waals surface area contributed by atoms with Crippen LogP contribution < -0.4 is 11.1 Å². The van der Waals surface area contributed by atoms with E-state index < -0.39 is 23.6 Å². The number of hydrogen-bond donors (Lipinski definition) is 2. The van der Waals surface area contributed by atoms with Gasteiger partial charge in [-0.3, -0.25) is 14.4 Å². The SMILES string of the molecule is N#CCNC(=O)C(=O)N1CCCC(C(N)=O)C1. The summed E-state index contributed by atoms with van der Waals surface area (Å²) in [6, 6.07) is 1.71. The number of nitriles is 1. The van der Waals surface area contributed by atoms with Crippen LogP contribution in [-0.4, -0.2) is 42.3 Å². The van der Waals surface area contributed by atoms with E-state index in [1.54, 1.807) is 6.07 Å². The molecule has 3 N–H and O–H groups in total. The summed E-state index contributed by atoms with van der Waals surface area (Å²) >= 11 is 0. The minimum absolute atomic E-state index is 0.175. The maximum atomic E-state index is 11.6. The molecule has 1 fully saturated rings. The zero-order valence-electron chi connectivity index (χ0n) is 9.31. The maximum absolute atomic E-state index is 11.6. The van der Waals surface area contributed by atoms with Crippen LogP contribution in [0.25, 0.3) is 0 Å². The van der Waals surface area contributed by atoms with E-state index in [-0.39, 0.29) is 13.1 Å². The molecule has 0 radical (unpaired) electrons. The first kappa shape index (κ1) is 13.0. The zero-order valence-corrected chi connectivity index (χ0v) is 9.31. The highest BCUT2D eigenvalue weighted by Crippen LogP contribution is 2.15. The third-order valence-electron chi connectivity index (χ3n) is 2.63. The smallest absolute Gasteiger partial charge is 0.311 e. The first-order valence-electron chi connectivity index (χ1n) is 5.29. The van der Waals surface area contributed by atoms with Crippen LogP contribution in [0, 0.1) is 17.2 Å². The van der Waals surface area contributed by atoms with Gasteiger partial charge in [0, 0.05) is 13.1 Å². The summed E-state index contributed by atoms with van der Waals surface area (Å²) in [5, 5.41) is 10.4. The Hall–Kier alpha value is -2.10. The van der Waals surface area contributed by atoms with Crippen molar-refractivity contribution in [3.05, 3.63) is 0 Å². The fourth-order valence-corrected chi connectivity index (χ4v) is 1.73. The Morgan fingerprint density at radius 2 is 2.18 bits per heavy atom. The molecule has 1 rings (SSSR count). The summed E-state index contributed by atoms with van der Waals surface area (Å²) in [7, 11) is 0. The molecule has 0 spiro atoms. The third-order valence-corrected chi connectivity index (χ3v) is 2.63. The molecule has 0 aliphatic carbocycles. The van der Waals surface area contributed by atoms with Gasteiger partial charge in [-0.1, -0.05) is 0 Å². The molecule has 0 saturated carbocycles. The van der Waals surface area contributed by atoms with Gasteiger partial charge >= 0.3 is 11.8 Å². The number of piperidine rings is 1. The Bertz CT molecular complexity index is 374. The van der Waals surface area contributed by atoms with Gasteiger partial charge in [0.05, 0.1) is 12.0 Å². The molecular formula is C10H14N4O3. The fourth-order valence-electron chi connectivity index (χ4n) is 1.73. The van der Waals surface area contributed by atoms with Crippen molar-refractivity contribution in [3.63, 3.8) is 0 Å². The molecule has 1 atom stereocenters. The van der Waals surface area contributed by atoms with E-state index in [4.69, 9.17) is 11.0 Å². The fraction of sp³-hybridized carbons (Fsp3) is 0.600. The van der Waals surface area contributed by atoms with E-state index >= 15 is 0 Å². The van der Waals surface area contributed by atoms with Crippen molar-refractivity contribution in [3.8, 4) is 6.07 Å². The molecule has 1 aliphatic rings. The van der Waals surface area contributed by atoms with Crippen molar-refractivity contribution in [1.82, 2.24) is 10.2 Å². The van der Waals surface area contributed by atoms with Gasteiger partial charge in [-0.2, -0.15) is 5.26 Å². The first-order valence-corrected chi connectivity index (χ1v) is 5.29. The number of carbonyl (C=O) groups is 3. The van der Waals surface area contributed by atoms with E-state index in [9.17, 15) is 14.4 Å². The van der Waals surface area contributed by atoms with E-state index in [0.717, 1.165) is 0 Å². The number of nitrogens with zero attached hydrogens (tertiary/aromatic N) is 2. The molecule has 17 heavy (non-hydrogen) atoms. The normalized spacial score (nSPS) is 19.2. The second-order valence-electron chi connectivity index (χ2n) is 3.83. The zero-order chi connectivity index (χ0) is 12.8. The Labute approximate surface area is 98.5 Å². The van der Waals surface area contributed by atoms with Crippen LogP contribution in [0.1, 0.15) is 12.8 Å². The lowest BCUT2D eigenvalue weighted by molar-refractivity contribution is -0.147. The van der Waals surface area contributed by atoms with Gasteiger partial charge in [0.2, 0.25) is 5.91 Å². The molecule has 0 aromatic carbocycles. The van der Waals surface area contributed by atoms with Crippen LogP contribution in [0.15, 0.2) is 0 Å². The monoisotopic (exact) mass is 238 g/mol. The number of nitrogens with two attached hydrogens (primary N) is 1. The lowest BCUT2D eigenvalue weighted by Crippen LogP contribution is -2.49. The highest BCUT2D eigenvalue weighted by atomic mass is 16.2. The van der Waals surface area contributed by atoms with Gasteiger partial charge in [0.25, 0.3) is 0 Å². The second-order valence-corrected chi connectivity index (χ2v) is 3.83. The van der Waals surface area contributed by atoms with Gasteiger partial charge in [0.1, 0.15) is 6.54 Å². The summed E-state index contributed by atoms with van der Waals surface area (Å²) in [5.74, 6) is -2.39. The number of likely N-dealkylation sites (tertiary alicyclic amines) is 1. The number of nitrogens with one attached hydrogen (secondary N) is 1. The molecule has 1 aliphatic heterocycles. The summed E-state index contributed by atoms with van der Waals surface area (Å²) < 4.78 is 0. The Morgan fingerprint density at radius 3 is 2.76 bits per heavy atom. The molecule has 7 heteroatoms. The summed E-state index contributed by atoms with van der Waals surface area (Å²) in [5.41, 5.74) is 5.17. The molecule has 7 nitrogen and oxygen atoms in total. The highest BCUT2D eigenvalue weighted by molar-refractivity contribution is 6.35. The minimum atomic E-state index is -0.823. The van der Waals surface area contributed by atoms with E-state index in [1.165, 1.54) is 4.90 Å². The van der Waals surface area contributed by atoms with Gasteiger partial charge < -0.3 is 16.0 Å². The predicted octanol–water partition coefficient (Wildman–Crippen LogP) is -1.65. The molecule has 3 amide bonds. The number of rotatable bonds is 2. The van der Waals surface area contributed by atoms with Crippen molar-refractivity contribution < 1.29 is 14.4 Å². The average molecular weight is 238 g/mol. The van der Waals surface area contributed by atoms with Crippen molar-refractivity contribution in [1.29, 1.82) is 5.26 Å². The Morgan fingerprint density at radius 1 is 1.47 bits per heavy atom. The molecule has 0 aromatic heterocycles. The van der Waals surface area contributed by atoms with Gasteiger partial charge in [-0.25, -0.2) is 0 Å². The van der Waals surface area contributed by atoms with Gasteiger partial charge in [0.15, 0.2) is 0 Å². The Kier molecular flexibility index (Phi) is 4.46. The van der Waals surface area contributed by atoms with Gasteiger partial charge in [-0.05, 0) is 12.8 Å². The summed E-state index contributed by atoms with van der Waals surface area (Å²) in [4.78, 5) is 35.2. The van der Waals surface area contributed by atoms with E-state index in [2.05, 4.69) is 5.32 Å². The number of amides is 3. The average Bonchev–Trinajstić information content (AvgIpc) is 2.35. The van der Waals surface area contributed by atoms with Crippen LogP contribution in [-0.2, 0) is 14.4 Å². The first-order chi connectivity index (χ1) is 8.06. The summed E-state index contributed by atoms with van der Waals surface area (Å²) in [6.45, 7) is 0.397. The quantitative estimate of drug-likeness (QED) is 0.442. The minimum Gasteiger partial charge on any atom is -0.369 e. The van der Waals surface area contributed by atoms with Crippen LogP contribution in [0.2, 0.25) is 0 Å². The maximum Gasteiger partial charge on any atom is 0.311 e. The van der Waals surface area contributed by atoms with E-state index in [1.807, 2.05) is 0 Å². The highest BCUT2D eigenvalue weighted by Gasteiger charge is 2.29. The lowest BCUT2D eigenvalue weighted by atomic mass is 9.97. The molecule has 1 unspecified atom stereocenters. The number of hydrogen-bond acceptors (Lipinski definition) is 4. The van der Waals surface area contributed by atoms with Crippen LogP contribution in [0.3, 0.4) is 0 Å². The van der Waals surface area contributed by atoms with Crippen molar-refractivity contribution in [2.24, 2.45) is 11.7 Å². The number of carbonyl (C=O) groups excluding carboxylic acids is 3. The van der Waals surface area contributed by atoms with Crippen LogP contribution >= 0.6 is 0 Å². The molecule has 1 saturated heterocycles. The largest absolute Gasteiger partial charge is 0.369 e. The Balaban J connectivity index is 2.54. The van der Waals surface area contributed by atoms with E-state index in [0.29, 0.717) is 19.4 Å². The van der Waals surface area contributed by atoms with Crippen LogP contribution in [0.5, 0.6) is 0 Å². The lowest BCUT2D eigenvalue weighted by Gasteiger charge is -2.30. The summed E-state index contributed by atoms with van der Waals surface area (Å²) in [6.07, 6.45) is 1.28. The van der Waals surface area contributed by atoms with Crippen LogP contribution in [0.4, 0.5) is 0 Å². The molecule has 1 heterocycles. The number of primary amides is 1. The van der Waals surface area contributed by atoms with Crippen molar-refractivity contribution in [2.45, 2.75) is 12.8 Å². The second kappa shape index (κ2) is 5.84. The molecule has 0 bridgehead atoms. The van der Waals surface area contributed by atoms with Crippen molar-refractivity contribution in [2.75, 3.05) is 19.6 Å². The standard InChI is InChI=1S/C10H14N4O3/c11-3-4-13-9(16)10(17)14-5-1-2-7(6-14)8(12)15/h7H,1-2,4-6H2,(H2,12,15)(H,13,16). The topological polar surface area (TPSA) is 116 Å².